The van der Waals surface area contributed by atoms with Gasteiger partial charge in [0, 0.05) is 20.5 Å². The third kappa shape index (κ3) is 4.50. The quantitative estimate of drug-likeness (QED) is 0.571. The Morgan fingerprint density at radius 3 is 2.11 bits per heavy atom. The summed E-state index contributed by atoms with van der Waals surface area (Å²) in [5, 5.41) is 0. The van der Waals surface area contributed by atoms with Crippen molar-refractivity contribution in [2.45, 2.75) is 15.5 Å². The van der Waals surface area contributed by atoms with Gasteiger partial charge in [-0.2, -0.15) is 0 Å². The van der Waals surface area contributed by atoms with E-state index < -0.39 is 9.84 Å². The first-order chi connectivity index (χ1) is 8.95. The van der Waals surface area contributed by atoms with Crippen molar-refractivity contribution in [1.29, 1.82) is 0 Å². The highest BCUT2D eigenvalue weighted by Crippen LogP contribution is 2.24. The Labute approximate surface area is 131 Å². The first kappa shape index (κ1) is 14.9. The zero-order chi connectivity index (χ0) is 13.9. The Morgan fingerprint density at radius 2 is 1.58 bits per heavy atom. The van der Waals surface area contributed by atoms with Crippen molar-refractivity contribution in [3.63, 3.8) is 0 Å². The number of hydrogen-bond acceptors (Lipinski definition) is 3. The first-order valence-electron chi connectivity index (χ1n) is 5.62. The molecule has 0 heterocycles. The van der Waals surface area contributed by atoms with E-state index in [-0.39, 0.29) is 0 Å². The van der Waals surface area contributed by atoms with Crippen molar-refractivity contribution < 1.29 is 8.42 Å². The average molecular weight is 404 g/mol. The highest BCUT2D eigenvalue weighted by Gasteiger charge is 2.06. The summed E-state index contributed by atoms with van der Waals surface area (Å²) in [6.07, 6.45) is 1.22. The van der Waals surface area contributed by atoms with E-state index in [1.54, 1.807) is 23.9 Å². The third-order valence-electron chi connectivity index (χ3n) is 2.57. The molecule has 0 saturated heterocycles. The summed E-state index contributed by atoms with van der Waals surface area (Å²) < 4.78 is 23.9. The number of hydrogen-bond donors (Lipinski definition) is 0. The van der Waals surface area contributed by atoms with Crippen molar-refractivity contribution in [2.75, 3.05) is 6.26 Å². The van der Waals surface area contributed by atoms with E-state index in [4.69, 9.17) is 0 Å². The van der Waals surface area contributed by atoms with Crippen LogP contribution >= 0.6 is 34.4 Å². The molecule has 0 aromatic heterocycles. The maximum absolute atomic E-state index is 11.3. The molecule has 0 bridgehead atoms. The predicted molar refractivity (Wildman–Crippen MR) is 88.3 cm³/mol. The van der Waals surface area contributed by atoms with Gasteiger partial charge < -0.3 is 0 Å². The summed E-state index contributed by atoms with van der Waals surface area (Å²) in [5.41, 5.74) is 1.26. The van der Waals surface area contributed by atoms with Gasteiger partial charge in [0.25, 0.3) is 0 Å². The van der Waals surface area contributed by atoms with Crippen LogP contribution in [0.3, 0.4) is 0 Å². The maximum Gasteiger partial charge on any atom is 0.175 e. The Balaban J connectivity index is 2.02. The normalized spacial score (nSPS) is 11.5. The zero-order valence-electron chi connectivity index (χ0n) is 10.3. The molecule has 2 nitrogen and oxygen atoms in total. The van der Waals surface area contributed by atoms with Crippen LogP contribution in [0.5, 0.6) is 0 Å². The van der Waals surface area contributed by atoms with E-state index in [0.717, 1.165) is 10.6 Å². The topological polar surface area (TPSA) is 34.1 Å². The summed E-state index contributed by atoms with van der Waals surface area (Å²) >= 11 is 3.99. The van der Waals surface area contributed by atoms with Gasteiger partial charge in [0.1, 0.15) is 0 Å². The molecule has 0 radical (unpaired) electrons. The van der Waals surface area contributed by atoms with Gasteiger partial charge in [-0.3, -0.25) is 0 Å². The summed E-state index contributed by atoms with van der Waals surface area (Å²) in [4.78, 5) is 1.44. The van der Waals surface area contributed by atoms with Gasteiger partial charge in [0.2, 0.25) is 0 Å². The largest absolute Gasteiger partial charge is 0.224 e. The monoisotopic (exact) mass is 404 g/mol. The second-order valence-electron chi connectivity index (χ2n) is 4.16. The van der Waals surface area contributed by atoms with Crippen LogP contribution in [0.4, 0.5) is 0 Å². The zero-order valence-corrected chi connectivity index (χ0v) is 14.1. The molecule has 0 fully saturated rings. The van der Waals surface area contributed by atoms with Crippen LogP contribution in [0.25, 0.3) is 0 Å². The minimum Gasteiger partial charge on any atom is -0.224 e. The van der Waals surface area contributed by atoms with Crippen molar-refractivity contribution in [2.24, 2.45) is 0 Å². The summed E-state index contributed by atoms with van der Waals surface area (Å²) in [7, 11) is -3.10. The van der Waals surface area contributed by atoms with Crippen molar-refractivity contribution in [3.05, 3.63) is 57.7 Å². The van der Waals surface area contributed by atoms with Crippen molar-refractivity contribution in [3.8, 4) is 0 Å². The first-order valence-corrected chi connectivity index (χ1v) is 9.58. The number of benzene rings is 2. The molecule has 0 saturated carbocycles. The van der Waals surface area contributed by atoms with E-state index in [9.17, 15) is 8.42 Å². The smallest absolute Gasteiger partial charge is 0.175 e. The lowest BCUT2D eigenvalue weighted by Crippen LogP contribution is -1.95. The number of rotatable bonds is 4. The lowest BCUT2D eigenvalue weighted by molar-refractivity contribution is 0.602. The van der Waals surface area contributed by atoms with E-state index in [1.165, 1.54) is 15.4 Å². The minimum atomic E-state index is -3.10. The molecule has 2 aromatic carbocycles. The molecule has 0 N–H and O–H groups in total. The lowest BCUT2D eigenvalue weighted by Gasteiger charge is -2.04. The summed E-state index contributed by atoms with van der Waals surface area (Å²) in [6.45, 7) is 0. The van der Waals surface area contributed by atoms with Gasteiger partial charge in [-0.05, 0) is 64.6 Å². The Hall–Kier alpha value is -0.530. The molecule has 2 aromatic rings. The maximum atomic E-state index is 11.3. The summed E-state index contributed by atoms with van der Waals surface area (Å²) in [6, 6.07) is 15.4. The SMILES string of the molecule is CS(=O)(=O)c1ccc(SCc2ccc(I)cc2)cc1. The predicted octanol–water partition coefficient (Wildman–Crippen LogP) is 3.99. The Morgan fingerprint density at radius 1 is 1.00 bits per heavy atom. The van der Waals surface area contributed by atoms with Crippen LogP contribution in [-0.2, 0) is 15.6 Å². The van der Waals surface area contributed by atoms with Gasteiger partial charge in [-0.25, -0.2) is 8.42 Å². The van der Waals surface area contributed by atoms with Gasteiger partial charge in [0.15, 0.2) is 9.84 Å². The van der Waals surface area contributed by atoms with Gasteiger partial charge in [-0.1, -0.05) is 12.1 Å². The number of halogens is 1. The number of sulfone groups is 1. The second kappa shape index (κ2) is 6.28. The standard InChI is InChI=1S/C14H13IO2S2/c1-19(16,17)14-8-6-13(7-9-14)18-10-11-2-4-12(15)5-3-11/h2-9H,10H2,1H3. The van der Waals surface area contributed by atoms with Crippen LogP contribution in [0.1, 0.15) is 5.56 Å². The fourth-order valence-electron chi connectivity index (χ4n) is 1.53. The third-order valence-corrected chi connectivity index (χ3v) is 5.50. The number of thioether (sulfide) groups is 1. The summed E-state index contributed by atoms with van der Waals surface area (Å²) in [5.74, 6) is 0.884. The van der Waals surface area contributed by atoms with E-state index in [1.807, 2.05) is 12.1 Å². The minimum absolute atomic E-state index is 0.367. The van der Waals surface area contributed by atoms with Crippen LogP contribution in [0.15, 0.2) is 58.3 Å². The lowest BCUT2D eigenvalue weighted by atomic mass is 10.2. The molecule has 0 aliphatic heterocycles. The average Bonchev–Trinajstić information content (AvgIpc) is 2.37. The molecular formula is C14H13IO2S2. The van der Waals surface area contributed by atoms with Gasteiger partial charge in [-0.15, -0.1) is 11.8 Å². The van der Waals surface area contributed by atoms with Crippen LogP contribution in [0.2, 0.25) is 0 Å². The van der Waals surface area contributed by atoms with Gasteiger partial charge in [0.05, 0.1) is 4.90 Å². The van der Waals surface area contributed by atoms with Crippen LogP contribution in [-0.4, -0.2) is 14.7 Å². The van der Waals surface area contributed by atoms with Gasteiger partial charge >= 0.3 is 0 Å². The molecule has 0 spiro atoms. The molecule has 5 heteroatoms. The fraction of sp³-hybridized carbons (Fsp3) is 0.143. The van der Waals surface area contributed by atoms with E-state index >= 15 is 0 Å². The molecule has 0 atom stereocenters. The molecule has 0 aliphatic rings. The molecule has 0 aliphatic carbocycles. The molecular weight excluding hydrogens is 391 g/mol. The highest BCUT2D eigenvalue weighted by atomic mass is 127. The molecule has 2 rings (SSSR count). The molecule has 0 amide bonds. The van der Waals surface area contributed by atoms with E-state index in [2.05, 4.69) is 46.9 Å². The molecule has 0 unspecified atom stereocenters. The Bertz CT molecular complexity index is 647. The van der Waals surface area contributed by atoms with Crippen LogP contribution < -0.4 is 0 Å². The Kier molecular flexibility index (Phi) is 4.92. The highest BCUT2D eigenvalue weighted by molar-refractivity contribution is 14.1. The van der Waals surface area contributed by atoms with E-state index in [0.29, 0.717) is 4.90 Å². The fourth-order valence-corrected chi connectivity index (χ4v) is 3.37. The molecule has 19 heavy (non-hydrogen) atoms. The van der Waals surface area contributed by atoms with Crippen molar-refractivity contribution >= 4 is 44.2 Å². The molecule has 100 valence electrons. The van der Waals surface area contributed by atoms with Crippen molar-refractivity contribution in [1.82, 2.24) is 0 Å². The second-order valence-corrected chi connectivity index (χ2v) is 8.47. The van der Waals surface area contributed by atoms with Crippen LogP contribution in [0, 0.1) is 3.57 Å².